The van der Waals surface area contributed by atoms with Gasteiger partial charge in [0.2, 0.25) is 5.91 Å². The van der Waals surface area contributed by atoms with Gasteiger partial charge in [-0.15, -0.1) is 0 Å². The number of nitrogens with one attached hydrogen (secondary N) is 1. The van der Waals surface area contributed by atoms with Crippen LogP contribution in [0.15, 0.2) is 17.2 Å². The highest BCUT2D eigenvalue weighted by Crippen LogP contribution is 1.94. The van der Waals surface area contributed by atoms with Gasteiger partial charge in [-0.1, -0.05) is 0 Å². The summed E-state index contributed by atoms with van der Waals surface area (Å²) in [7, 11) is 0. The number of nitrogens with zero attached hydrogens (tertiary/aromatic N) is 2. The summed E-state index contributed by atoms with van der Waals surface area (Å²) in [5.74, 6) is -0.0254. The number of nitrogens with two attached hydrogens (primary N) is 1. The molecule has 1 amide bonds. The lowest BCUT2D eigenvalue weighted by Gasteiger charge is -2.06. The van der Waals surface area contributed by atoms with Crippen molar-refractivity contribution in [3.05, 3.63) is 22.7 Å². The van der Waals surface area contributed by atoms with Gasteiger partial charge in [0.05, 0.1) is 0 Å². The first-order valence-electron chi connectivity index (χ1n) is 5.22. The number of anilines is 1. The summed E-state index contributed by atoms with van der Waals surface area (Å²) in [6.45, 7) is 3.01. The molecule has 0 aromatic carbocycles. The summed E-state index contributed by atoms with van der Waals surface area (Å²) in [6, 6.07) is 0. The molecule has 0 spiro atoms. The summed E-state index contributed by atoms with van der Waals surface area (Å²) in [5, 5.41) is 2.89. The lowest BCUT2D eigenvalue weighted by atomic mass is 10.3. The number of hydrogen-bond acceptors (Lipinski definition) is 4. The van der Waals surface area contributed by atoms with E-state index in [0.717, 1.165) is 0 Å². The van der Waals surface area contributed by atoms with Crippen LogP contribution in [-0.4, -0.2) is 22.0 Å². The number of primary amides is 1. The molecule has 6 nitrogen and oxygen atoms in total. The van der Waals surface area contributed by atoms with Crippen molar-refractivity contribution in [2.75, 3.05) is 11.9 Å². The van der Waals surface area contributed by atoms with E-state index in [9.17, 15) is 9.59 Å². The second-order valence-electron chi connectivity index (χ2n) is 3.36. The van der Waals surface area contributed by atoms with Gasteiger partial charge in [0.1, 0.15) is 0 Å². The summed E-state index contributed by atoms with van der Waals surface area (Å²) < 4.78 is 1.56. The molecule has 0 atom stereocenters. The lowest BCUT2D eigenvalue weighted by Crippen LogP contribution is -2.24. The van der Waals surface area contributed by atoms with E-state index in [-0.39, 0.29) is 11.5 Å². The molecule has 0 fully saturated rings. The van der Waals surface area contributed by atoms with Crippen LogP contribution in [0.3, 0.4) is 0 Å². The van der Waals surface area contributed by atoms with E-state index in [4.69, 9.17) is 5.73 Å². The zero-order valence-electron chi connectivity index (χ0n) is 9.27. The fraction of sp³-hybridized carbons (Fsp3) is 0.500. The van der Waals surface area contributed by atoms with Crippen molar-refractivity contribution in [1.82, 2.24) is 9.55 Å². The van der Waals surface area contributed by atoms with E-state index >= 15 is 0 Å². The van der Waals surface area contributed by atoms with E-state index in [1.807, 2.05) is 6.92 Å². The van der Waals surface area contributed by atoms with Gasteiger partial charge < -0.3 is 15.6 Å². The average molecular weight is 224 g/mol. The third kappa shape index (κ3) is 3.38. The van der Waals surface area contributed by atoms with Crippen LogP contribution in [0.4, 0.5) is 5.82 Å². The first kappa shape index (κ1) is 12.2. The zero-order valence-corrected chi connectivity index (χ0v) is 9.27. The Morgan fingerprint density at radius 1 is 1.62 bits per heavy atom. The van der Waals surface area contributed by atoms with Crippen LogP contribution in [0, 0.1) is 0 Å². The van der Waals surface area contributed by atoms with Crippen LogP contribution in [0.1, 0.15) is 19.8 Å². The van der Waals surface area contributed by atoms with Crippen LogP contribution in [0.5, 0.6) is 0 Å². The molecule has 0 bridgehead atoms. The number of hydrogen-bond donors (Lipinski definition) is 2. The number of aryl methyl sites for hydroxylation is 1. The van der Waals surface area contributed by atoms with Gasteiger partial charge >= 0.3 is 0 Å². The van der Waals surface area contributed by atoms with Crippen LogP contribution in [0.25, 0.3) is 0 Å². The van der Waals surface area contributed by atoms with Gasteiger partial charge in [0.25, 0.3) is 5.56 Å². The molecule has 3 N–H and O–H groups in total. The van der Waals surface area contributed by atoms with Gasteiger partial charge in [-0.25, -0.2) is 4.98 Å². The van der Waals surface area contributed by atoms with E-state index < -0.39 is 0 Å². The minimum absolute atomic E-state index is 0.149. The second-order valence-corrected chi connectivity index (χ2v) is 3.36. The average Bonchev–Trinajstić information content (AvgIpc) is 2.26. The van der Waals surface area contributed by atoms with Crippen LogP contribution in [0.2, 0.25) is 0 Å². The third-order valence-corrected chi connectivity index (χ3v) is 2.15. The molecule has 1 aromatic rings. The highest BCUT2D eigenvalue weighted by Gasteiger charge is 2.02. The van der Waals surface area contributed by atoms with Crippen molar-refractivity contribution in [2.45, 2.75) is 26.3 Å². The van der Waals surface area contributed by atoms with E-state index in [1.165, 1.54) is 0 Å². The topological polar surface area (TPSA) is 90.0 Å². The normalized spacial score (nSPS) is 10.1. The number of carbonyl (C=O) groups is 1. The SMILES string of the molecule is CCn1ccnc(NCCCC(N)=O)c1=O. The smallest absolute Gasteiger partial charge is 0.293 e. The Balaban J connectivity index is 2.54. The molecule has 0 unspecified atom stereocenters. The van der Waals surface area contributed by atoms with Gasteiger partial charge in [0, 0.05) is 31.9 Å². The summed E-state index contributed by atoms with van der Waals surface area (Å²) in [4.78, 5) is 26.1. The number of aromatic nitrogens is 2. The summed E-state index contributed by atoms with van der Waals surface area (Å²) >= 11 is 0. The fourth-order valence-electron chi connectivity index (χ4n) is 1.29. The molecule has 1 heterocycles. The molecule has 88 valence electrons. The lowest BCUT2D eigenvalue weighted by molar-refractivity contribution is -0.118. The predicted octanol–water partition coefficient (Wildman–Crippen LogP) is -0.0594. The molecule has 0 aliphatic rings. The highest BCUT2D eigenvalue weighted by molar-refractivity contribution is 5.73. The number of carbonyl (C=O) groups excluding carboxylic acids is 1. The molecule has 6 heteroatoms. The molecule has 1 rings (SSSR count). The van der Waals surface area contributed by atoms with Crippen molar-refractivity contribution in [2.24, 2.45) is 5.73 Å². The molecule has 0 radical (unpaired) electrons. The van der Waals surface area contributed by atoms with Crippen molar-refractivity contribution in [3.8, 4) is 0 Å². The van der Waals surface area contributed by atoms with Crippen molar-refractivity contribution >= 4 is 11.7 Å². The minimum Gasteiger partial charge on any atom is -0.370 e. The first-order chi connectivity index (χ1) is 7.65. The van der Waals surface area contributed by atoms with Crippen molar-refractivity contribution < 1.29 is 4.79 Å². The maximum atomic E-state index is 11.7. The molecule has 0 aliphatic carbocycles. The predicted molar refractivity (Wildman–Crippen MR) is 61.1 cm³/mol. The van der Waals surface area contributed by atoms with Crippen LogP contribution in [-0.2, 0) is 11.3 Å². The number of amides is 1. The third-order valence-electron chi connectivity index (χ3n) is 2.15. The summed E-state index contributed by atoms with van der Waals surface area (Å²) in [5.41, 5.74) is 4.85. The number of rotatable bonds is 6. The minimum atomic E-state index is -0.339. The van der Waals surface area contributed by atoms with Gasteiger partial charge in [-0.05, 0) is 13.3 Å². The molecular formula is C10H16N4O2. The Hall–Kier alpha value is -1.85. The van der Waals surface area contributed by atoms with Crippen molar-refractivity contribution in [3.63, 3.8) is 0 Å². The maximum Gasteiger partial charge on any atom is 0.293 e. The Bertz CT molecular complexity index is 414. The quantitative estimate of drug-likeness (QED) is 0.662. The Morgan fingerprint density at radius 3 is 3.00 bits per heavy atom. The molecule has 16 heavy (non-hydrogen) atoms. The first-order valence-corrected chi connectivity index (χ1v) is 5.22. The Labute approximate surface area is 93.5 Å². The fourth-order valence-corrected chi connectivity index (χ4v) is 1.29. The monoisotopic (exact) mass is 224 g/mol. The summed E-state index contributed by atoms with van der Waals surface area (Å²) in [6.07, 6.45) is 4.11. The maximum absolute atomic E-state index is 11.7. The van der Waals surface area contributed by atoms with E-state index in [2.05, 4.69) is 10.3 Å². The Kier molecular flexibility index (Phi) is 4.50. The molecule has 0 saturated heterocycles. The molecular weight excluding hydrogens is 208 g/mol. The van der Waals surface area contributed by atoms with Crippen molar-refractivity contribution in [1.29, 1.82) is 0 Å². The molecule has 0 saturated carbocycles. The van der Waals surface area contributed by atoms with Gasteiger partial charge in [0.15, 0.2) is 5.82 Å². The standard InChI is InChI=1S/C10H16N4O2/c1-2-14-7-6-13-9(10(14)16)12-5-3-4-8(11)15/h6-7H,2-5H2,1H3,(H2,11,15)(H,12,13). The van der Waals surface area contributed by atoms with E-state index in [1.54, 1.807) is 17.0 Å². The van der Waals surface area contributed by atoms with Gasteiger partial charge in [-0.3, -0.25) is 9.59 Å². The zero-order chi connectivity index (χ0) is 12.0. The van der Waals surface area contributed by atoms with E-state index in [0.29, 0.717) is 31.7 Å². The van der Waals surface area contributed by atoms with Crippen LogP contribution >= 0.6 is 0 Å². The van der Waals surface area contributed by atoms with Gasteiger partial charge in [-0.2, -0.15) is 0 Å². The Morgan fingerprint density at radius 2 is 2.38 bits per heavy atom. The van der Waals surface area contributed by atoms with Crippen LogP contribution < -0.4 is 16.6 Å². The highest BCUT2D eigenvalue weighted by atomic mass is 16.1. The largest absolute Gasteiger partial charge is 0.370 e. The second kappa shape index (κ2) is 5.89. The molecule has 0 aliphatic heterocycles. The molecule has 1 aromatic heterocycles.